The maximum atomic E-state index is 13.0. The maximum absolute atomic E-state index is 13.0. The second kappa shape index (κ2) is 37.6. The van der Waals surface area contributed by atoms with Crippen molar-refractivity contribution in [2.45, 2.75) is 197 Å². The monoisotopic (exact) mass is 935 g/mol. The first-order valence-corrected chi connectivity index (χ1v) is 24.2. The Hall–Kier alpha value is -3.32. The minimum atomic E-state index is -1.78. The van der Waals surface area contributed by atoms with E-state index in [1.165, 1.54) is 0 Å². The summed E-state index contributed by atoms with van der Waals surface area (Å²) >= 11 is 0. The van der Waals surface area contributed by atoms with Crippen LogP contribution in [0.3, 0.4) is 0 Å². The van der Waals surface area contributed by atoms with Gasteiger partial charge in [-0.1, -0.05) is 125 Å². The fraction of sp³-hybridized carbons (Fsp3) is 0.686. The average molecular weight is 935 g/mol. The van der Waals surface area contributed by atoms with E-state index >= 15 is 0 Å². The van der Waals surface area contributed by atoms with Crippen LogP contribution < -0.4 is 0 Å². The lowest BCUT2D eigenvalue weighted by Crippen LogP contribution is -2.61. The summed E-state index contributed by atoms with van der Waals surface area (Å²) in [5.41, 5.74) is 0. The van der Waals surface area contributed by atoms with Crippen LogP contribution in [0.25, 0.3) is 0 Å². The molecule has 0 saturated carbocycles. The Labute approximate surface area is 393 Å². The molecule has 15 nitrogen and oxygen atoms in total. The predicted octanol–water partition coefficient (Wildman–Crippen LogP) is 6.04. The van der Waals surface area contributed by atoms with E-state index in [-0.39, 0.29) is 19.4 Å². The molecule has 0 aliphatic carbocycles. The van der Waals surface area contributed by atoms with Gasteiger partial charge in [0.25, 0.3) is 0 Å². The van der Waals surface area contributed by atoms with Crippen LogP contribution in [0.2, 0.25) is 0 Å². The summed E-state index contributed by atoms with van der Waals surface area (Å²) in [5.74, 6) is -1.02. The minimum absolute atomic E-state index is 0.0788. The van der Waals surface area contributed by atoms with Crippen molar-refractivity contribution in [2.24, 2.45) is 0 Å². The summed E-state index contributed by atoms with van der Waals surface area (Å²) < 4.78 is 33.4. The van der Waals surface area contributed by atoms with Crippen LogP contribution in [0.5, 0.6) is 0 Å². The summed E-state index contributed by atoms with van der Waals surface area (Å²) in [6.45, 7) is 2.30. The highest BCUT2D eigenvalue weighted by atomic mass is 16.7. The molecule has 2 aliphatic rings. The summed E-state index contributed by atoms with van der Waals surface area (Å²) in [7, 11) is 0. The number of hydrogen-bond acceptors (Lipinski definition) is 15. The van der Waals surface area contributed by atoms with Crippen LogP contribution >= 0.6 is 0 Å². The van der Waals surface area contributed by atoms with Crippen LogP contribution in [0.1, 0.15) is 129 Å². The van der Waals surface area contributed by atoms with Crippen LogP contribution in [0, 0.1) is 0 Å². The Kier molecular flexibility index (Phi) is 33.5. The van der Waals surface area contributed by atoms with Crippen molar-refractivity contribution < 1.29 is 73.8 Å². The van der Waals surface area contributed by atoms with E-state index in [2.05, 4.69) is 86.8 Å². The highest BCUT2D eigenvalue weighted by Crippen LogP contribution is 2.26. The van der Waals surface area contributed by atoms with Crippen LogP contribution in [-0.2, 0) is 38.0 Å². The molecule has 66 heavy (non-hydrogen) atoms. The van der Waals surface area contributed by atoms with Crippen molar-refractivity contribution in [2.75, 3.05) is 26.4 Å². The van der Waals surface area contributed by atoms with Crippen molar-refractivity contribution >= 4 is 11.9 Å². The smallest absolute Gasteiger partial charge is 0.306 e. The molecule has 2 heterocycles. The lowest BCUT2D eigenvalue weighted by atomic mass is 9.98. The molecule has 7 N–H and O–H groups in total. The van der Waals surface area contributed by atoms with E-state index in [1.807, 2.05) is 12.2 Å². The maximum Gasteiger partial charge on any atom is 0.306 e. The number of carbonyl (C=O) groups is 2. The highest BCUT2D eigenvalue weighted by molar-refractivity contribution is 5.70. The van der Waals surface area contributed by atoms with Gasteiger partial charge in [0.05, 0.1) is 19.8 Å². The zero-order valence-corrected chi connectivity index (χ0v) is 39.4. The average Bonchev–Trinajstić information content (AvgIpc) is 3.31. The lowest BCUT2D eigenvalue weighted by Gasteiger charge is -2.42. The van der Waals surface area contributed by atoms with Gasteiger partial charge in [-0.05, 0) is 77.0 Å². The Bertz CT molecular complexity index is 1470. The molecule has 0 radical (unpaired) electrons. The van der Waals surface area contributed by atoms with Crippen LogP contribution in [-0.4, -0.2) is 142 Å². The van der Waals surface area contributed by atoms with Gasteiger partial charge in [-0.25, -0.2) is 0 Å². The number of hydrogen-bond donors (Lipinski definition) is 7. The Morgan fingerprint density at radius 2 is 0.970 bits per heavy atom. The number of unbranched alkanes of at least 4 members (excludes halogenated alkanes) is 7. The fourth-order valence-electron chi connectivity index (χ4n) is 6.88. The molecule has 11 unspecified atom stereocenters. The van der Waals surface area contributed by atoms with Crippen LogP contribution in [0.4, 0.5) is 0 Å². The number of carbonyl (C=O) groups excluding carboxylic acids is 2. The number of esters is 2. The van der Waals surface area contributed by atoms with Crippen molar-refractivity contribution in [1.82, 2.24) is 0 Å². The largest absolute Gasteiger partial charge is 0.462 e. The van der Waals surface area contributed by atoms with Gasteiger partial charge in [-0.15, -0.1) is 0 Å². The van der Waals surface area contributed by atoms with E-state index in [4.69, 9.17) is 28.4 Å². The molecular formula is C51H82O15. The molecule has 2 aliphatic heterocycles. The third-order valence-electron chi connectivity index (χ3n) is 10.8. The van der Waals surface area contributed by atoms with Gasteiger partial charge in [-0.3, -0.25) is 9.59 Å². The van der Waals surface area contributed by atoms with Gasteiger partial charge < -0.3 is 64.2 Å². The summed E-state index contributed by atoms with van der Waals surface area (Å²) in [4.78, 5) is 25.7. The second-order valence-electron chi connectivity index (χ2n) is 16.5. The van der Waals surface area contributed by atoms with E-state index in [1.54, 1.807) is 0 Å². The molecule has 15 heteroatoms. The standard InChI is InChI=1S/C51H82O15/c1-3-5-7-9-11-13-15-17-18-19-20-22-24-26-28-30-32-34-43(54)64-39(36-61-42(53)33-31-29-27-25-23-21-16-14-12-10-8-6-4-2)37-62-50-49(60)47(58)45(56)41(66-50)38-63-51-48(59)46(57)44(55)40(35-52)65-51/h5,7-8,10-11,13-14,16-18,20,22,26,28,39-41,44-52,55-60H,3-4,6,9,12,15,19,21,23-25,27,29-38H2,1-2H3/b7-5-,10-8-,13-11-,16-14-,18-17-,22-20-,28-26-. The van der Waals surface area contributed by atoms with Crippen molar-refractivity contribution in [1.29, 1.82) is 0 Å². The second-order valence-corrected chi connectivity index (χ2v) is 16.5. The highest BCUT2D eigenvalue weighted by Gasteiger charge is 2.47. The van der Waals surface area contributed by atoms with E-state index in [0.717, 1.165) is 83.5 Å². The molecule has 0 aromatic rings. The molecule has 0 aromatic heterocycles. The first kappa shape index (κ1) is 58.8. The summed E-state index contributed by atoms with van der Waals surface area (Å²) in [6, 6.07) is 0. The predicted molar refractivity (Wildman–Crippen MR) is 252 cm³/mol. The Morgan fingerprint density at radius 1 is 0.500 bits per heavy atom. The normalized spacial score (nSPS) is 26.9. The first-order valence-electron chi connectivity index (χ1n) is 24.2. The molecule has 0 spiro atoms. The van der Waals surface area contributed by atoms with Gasteiger partial charge in [0.15, 0.2) is 18.7 Å². The number of rotatable bonds is 35. The molecule has 376 valence electrons. The molecule has 0 bridgehead atoms. The van der Waals surface area contributed by atoms with E-state index in [9.17, 15) is 45.3 Å². The van der Waals surface area contributed by atoms with Crippen molar-refractivity contribution in [3.63, 3.8) is 0 Å². The van der Waals surface area contributed by atoms with Crippen molar-refractivity contribution in [3.05, 3.63) is 85.1 Å². The zero-order chi connectivity index (χ0) is 48.2. The number of ether oxygens (including phenoxy) is 6. The van der Waals surface area contributed by atoms with E-state index in [0.29, 0.717) is 19.3 Å². The van der Waals surface area contributed by atoms with Crippen LogP contribution in [0.15, 0.2) is 85.1 Å². The van der Waals surface area contributed by atoms with Gasteiger partial charge in [-0.2, -0.15) is 0 Å². The number of aliphatic hydroxyl groups excluding tert-OH is 7. The number of allylic oxidation sites excluding steroid dienone is 14. The van der Waals surface area contributed by atoms with Gasteiger partial charge >= 0.3 is 11.9 Å². The summed E-state index contributed by atoms with van der Waals surface area (Å²) in [6.07, 6.45) is 27.7. The molecule has 11 atom stereocenters. The first-order chi connectivity index (χ1) is 32.0. The van der Waals surface area contributed by atoms with E-state index < -0.39 is 99.3 Å². The molecule has 2 fully saturated rings. The van der Waals surface area contributed by atoms with Gasteiger partial charge in [0.1, 0.15) is 55.4 Å². The third-order valence-corrected chi connectivity index (χ3v) is 10.8. The molecule has 0 amide bonds. The molecule has 0 aromatic carbocycles. The lowest BCUT2D eigenvalue weighted by molar-refractivity contribution is -0.332. The van der Waals surface area contributed by atoms with Gasteiger partial charge in [0.2, 0.25) is 0 Å². The fourth-order valence-corrected chi connectivity index (χ4v) is 6.88. The Balaban J connectivity index is 1.87. The zero-order valence-electron chi connectivity index (χ0n) is 39.4. The topological polar surface area (TPSA) is 231 Å². The minimum Gasteiger partial charge on any atom is -0.462 e. The molecule has 2 saturated heterocycles. The molecular weight excluding hydrogens is 853 g/mol. The third kappa shape index (κ3) is 25.7. The van der Waals surface area contributed by atoms with Crippen molar-refractivity contribution in [3.8, 4) is 0 Å². The quantitative estimate of drug-likeness (QED) is 0.0218. The Morgan fingerprint density at radius 3 is 1.55 bits per heavy atom. The SMILES string of the molecule is CC/C=C\C/C=C\C/C=C\C/C=C\C/C=C\CCCC(=O)OC(COC(=O)CCCCCCC/C=C\C/C=C\CCC)COC1OC(COC2OC(CO)C(O)C(O)C2O)C(O)C(O)C1O. The summed E-state index contributed by atoms with van der Waals surface area (Å²) in [5, 5.41) is 72.0. The molecule has 2 rings (SSSR count). The van der Waals surface area contributed by atoms with Gasteiger partial charge in [0, 0.05) is 12.8 Å². The number of aliphatic hydroxyl groups is 7.